The predicted octanol–water partition coefficient (Wildman–Crippen LogP) is 3.48. The third kappa shape index (κ3) is 3.61. The molecule has 1 aliphatic heterocycles. The number of hydrogen-bond acceptors (Lipinski definition) is 2. The Kier molecular flexibility index (Phi) is 5.28. The maximum Gasteiger partial charge on any atom is 0.317 e. The molecule has 2 heterocycles. The number of nitrogens with one attached hydrogen (secondary N) is 2. The van der Waals surface area contributed by atoms with Crippen LogP contribution in [-0.2, 0) is 6.42 Å². The molecule has 2 aromatic rings. The van der Waals surface area contributed by atoms with Gasteiger partial charge in [0.25, 0.3) is 0 Å². The summed E-state index contributed by atoms with van der Waals surface area (Å²) in [5, 5.41) is 6.29. The zero-order valence-electron chi connectivity index (χ0n) is 18.8. The summed E-state index contributed by atoms with van der Waals surface area (Å²) in [4.78, 5) is 20.6. The Morgan fingerprint density at radius 3 is 2.66 bits per heavy atom. The van der Waals surface area contributed by atoms with Gasteiger partial charge in [-0.25, -0.2) is 4.79 Å². The molecular weight excluding hydrogens is 376 g/mol. The molecule has 0 saturated carbocycles. The third-order valence-corrected chi connectivity index (χ3v) is 9.06. The second-order valence-electron chi connectivity index (χ2n) is 9.92. The lowest BCUT2D eigenvalue weighted by molar-refractivity contribution is 0.124. The van der Waals surface area contributed by atoms with Crippen molar-refractivity contribution in [3.63, 3.8) is 0 Å². The van der Waals surface area contributed by atoms with E-state index in [1.165, 1.54) is 27.2 Å². The summed E-state index contributed by atoms with van der Waals surface area (Å²) in [5.41, 5.74) is 4.25. The lowest BCUT2D eigenvalue weighted by atomic mass is 9.74. The monoisotopic (exact) mass is 412 g/mol. The summed E-state index contributed by atoms with van der Waals surface area (Å²) in [5.74, 6) is 0.470. The molecule has 1 saturated heterocycles. The second-order valence-corrected chi connectivity index (χ2v) is 15.0. The fraction of sp³-hybridized carbons (Fsp3) is 0.609. The van der Waals surface area contributed by atoms with Crippen LogP contribution >= 0.6 is 0 Å². The molecule has 29 heavy (non-hydrogen) atoms. The van der Waals surface area contributed by atoms with Crippen molar-refractivity contribution in [2.24, 2.45) is 0 Å². The Hall–Kier alpha value is -1.79. The number of likely N-dealkylation sites (N-methyl/N-ethyl adjacent to an activating group) is 1. The molecule has 4 rings (SSSR count). The van der Waals surface area contributed by atoms with Crippen molar-refractivity contribution in [3.05, 3.63) is 29.5 Å². The number of urea groups is 1. The molecular formula is C23H36N4OSi. The molecule has 0 spiro atoms. The number of nitrogens with zero attached hydrogens (tertiary/aromatic N) is 2. The van der Waals surface area contributed by atoms with Gasteiger partial charge in [0.05, 0.1) is 8.07 Å². The minimum atomic E-state index is -1.42. The van der Waals surface area contributed by atoms with E-state index in [-0.39, 0.29) is 12.1 Å². The molecule has 1 aromatic heterocycles. The predicted molar refractivity (Wildman–Crippen MR) is 124 cm³/mol. The van der Waals surface area contributed by atoms with Gasteiger partial charge >= 0.3 is 6.03 Å². The van der Waals surface area contributed by atoms with E-state index in [0.29, 0.717) is 12.0 Å². The van der Waals surface area contributed by atoms with Crippen LogP contribution in [0.2, 0.25) is 19.6 Å². The molecule has 2 N–H and O–H groups in total. The molecule has 6 heteroatoms. The number of aromatic amines is 1. The molecule has 158 valence electrons. The fourth-order valence-corrected chi connectivity index (χ4v) is 6.49. The van der Waals surface area contributed by atoms with Crippen LogP contribution in [-0.4, -0.2) is 67.7 Å². The lowest BCUT2D eigenvalue weighted by Crippen LogP contribution is -2.56. The lowest BCUT2D eigenvalue weighted by Gasteiger charge is -2.46. The second kappa shape index (κ2) is 7.47. The van der Waals surface area contributed by atoms with E-state index in [0.717, 1.165) is 32.5 Å². The first kappa shape index (κ1) is 20.5. The summed E-state index contributed by atoms with van der Waals surface area (Å²) in [7, 11) is 0.810. The summed E-state index contributed by atoms with van der Waals surface area (Å²) in [6.07, 6.45) is 4.34. The number of aromatic nitrogens is 1. The Morgan fingerprint density at radius 1 is 1.28 bits per heavy atom. The van der Waals surface area contributed by atoms with Gasteiger partial charge in [-0.15, -0.1) is 0 Å². The molecule has 5 nitrogen and oxygen atoms in total. The minimum Gasteiger partial charge on any atom is -0.361 e. The van der Waals surface area contributed by atoms with Crippen molar-refractivity contribution < 1.29 is 4.79 Å². The molecule has 2 aliphatic rings. The number of hydrogen-bond donors (Lipinski definition) is 2. The highest BCUT2D eigenvalue weighted by Crippen LogP contribution is 2.43. The van der Waals surface area contributed by atoms with Crippen LogP contribution in [0.3, 0.4) is 0 Å². The van der Waals surface area contributed by atoms with Gasteiger partial charge in [-0.3, -0.25) is 0 Å². The Balaban J connectivity index is 1.68. The zero-order chi connectivity index (χ0) is 20.9. The average molecular weight is 413 g/mol. The van der Waals surface area contributed by atoms with Crippen LogP contribution in [0.4, 0.5) is 4.79 Å². The zero-order valence-corrected chi connectivity index (χ0v) is 19.8. The maximum atomic E-state index is 12.7. The van der Waals surface area contributed by atoms with Crippen LogP contribution in [0.25, 0.3) is 10.9 Å². The Bertz CT molecular complexity index is 911. The highest BCUT2D eigenvalue weighted by Gasteiger charge is 2.40. The van der Waals surface area contributed by atoms with Crippen molar-refractivity contribution in [1.82, 2.24) is 20.1 Å². The molecule has 1 aromatic carbocycles. The number of carbonyl (C=O) groups is 1. The molecule has 3 atom stereocenters. The topological polar surface area (TPSA) is 51.4 Å². The van der Waals surface area contributed by atoms with Gasteiger partial charge in [0.2, 0.25) is 0 Å². The largest absolute Gasteiger partial charge is 0.361 e. The maximum absolute atomic E-state index is 12.7. The van der Waals surface area contributed by atoms with E-state index in [1.807, 2.05) is 18.7 Å². The smallest absolute Gasteiger partial charge is 0.317 e. The van der Waals surface area contributed by atoms with Gasteiger partial charge in [0.15, 0.2) is 0 Å². The first-order valence-electron chi connectivity index (χ1n) is 11.1. The van der Waals surface area contributed by atoms with Gasteiger partial charge in [-0.1, -0.05) is 30.9 Å². The normalized spacial score (nSPS) is 24.4. The Labute approximate surface area is 175 Å². The van der Waals surface area contributed by atoms with E-state index in [1.54, 1.807) is 0 Å². The number of likely N-dealkylation sites (tertiary alicyclic amines) is 1. The number of fused-ring (bicyclic) bond motifs is 2. The van der Waals surface area contributed by atoms with Crippen molar-refractivity contribution in [2.45, 2.75) is 64.3 Å². The molecule has 1 fully saturated rings. The number of rotatable bonds is 4. The van der Waals surface area contributed by atoms with Crippen LogP contribution in [0, 0.1) is 0 Å². The van der Waals surface area contributed by atoms with Crippen molar-refractivity contribution in [3.8, 4) is 0 Å². The number of amides is 2. The number of piperidine rings is 1. The van der Waals surface area contributed by atoms with E-state index >= 15 is 0 Å². The van der Waals surface area contributed by atoms with Crippen LogP contribution < -0.4 is 10.5 Å². The molecule has 1 aliphatic carbocycles. The van der Waals surface area contributed by atoms with Gasteiger partial charge in [-0.2, -0.15) is 0 Å². The Morgan fingerprint density at radius 2 is 2.00 bits per heavy atom. The highest BCUT2D eigenvalue weighted by atomic mass is 28.3. The van der Waals surface area contributed by atoms with Gasteiger partial charge in [0.1, 0.15) is 0 Å². The van der Waals surface area contributed by atoms with E-state index in [2.05, 4.69) is 60.2 Å². The first-order chi connectivity index (χ1) is 13.7. The molecule has 0 bridgehead atoms. The third-order valence-electron chi connectivity index (χ3n) is 7.04. The average Bonchev–Trinajstić information content (AvgIpc) is 3.07. The van der Waals surface area contributed by atoms with Crippen LogP contribution in [0.5, 0.6) is 0 Å². The van der Waals surface area contributed by atoms with E-state index < -0.39 is 8.07 Å². The number of benzene rings is 1. The van der Waals surface area contributed by atoms with E-state index in [9.17, 15) is 4.79 Å². The van der Waals surface area contributed by atoms with Gasteiger partial charge in [-0.05, 0) is 50.9 Å². The van der Waals surface area contributed by atoms with Gasteiger partial charge in [0, 0.05) is 54.7 Å². The fourth-order valence-electron chi connectivity index (χ4n) is 5.33. The summed E-state index contributed by atoms with van der Waals surface area (Å²) in [6.45, 7) is 13.8. The highest BCUT2D eigenvalue weighted by molar-refractivity contribution is 6.88. The summed E-state index contributed by atoms with van der Waals surface area (Å²) in [6, 6.07) is 5.68. The quantitative estimate of drug-likeness (QED) is 0.756. The molecule has 0 radical (unpaired) electrons. The van der Waals surface area contributed by atoms with E-state index in [4.69, 9.17) is 0 Å². The molecule has 2 amide bonds. The van der Waals surface area contributed by atoms with Crippen LogP contribution in [0.1, 0.15) is 37.3 Å². The molecule has 0 unspecified atom stereocenters. The van der Waals surface area contributed by atoms with Crippen molar-refractivity contribution >= 4 is 30.2 Å². The first-order valence-corrected chi connectivity index (χ1v) is 14.6. The van der Waals surface area contributed by atoms with Crippen LogP contribution in [0.15, 0.2) is 18.3 Å². The number of H-pyrrole nitrogens is 1. The minimum absolute atomic E-state index is 0.0750. The SMILES string of the molecule is CCN(CC)C(=O)N[C@H]1C[C@@H]2c3cc([Si](C)(C)C)cc4[nH]cc(c34)C[C@H]2N(C)C1. The summed E-state index contributed by atoms with van der Waals surface area (Å²) < 4.78 is 0. The summed E-state index contributed by atoms with van der Waals surface area (Å²) >= 11 is 0. The standard InChI is InChI=1S/C23H36N4OSi/c1-7-27(8-2)23(28)25-16-10-18-19-11-17(29(4,5)6)12-20-22(19)15(13-24-20)9-21(18)26(3)14-16/h11-13,16,18,21,24H,7-10,14H2,1-6H3,(H,25,28)/t16-,18+,21+/m0/s1. The van der Waals surface area contributed by atoms with Crippen molar-refractivity contribution in [1.29, 1.82) is 0 Å². The number of carbonyl (C=O) groups excluding carboxylic acids is 1. The van der Waals surface area contributed by atoms with Gasteiger partial charge < -0.3 is 20.1 Å². The van der Waals surface area contributed by atoms with Crippen molar-refractivity contribution in [2.75, 3.05) is 26.7 Å².